The highest BCUT2D eigenvalue weighted by Gasteiger charge is 1.99. The molecule has 80 valence electrons. The molecule has 0 unspecified atom stereocenters. The summed E-state index contributed by atoms with van der Waals surface area (Å²) in [6.45, 7) is 1.50. The van der Waals surface area contributed by atoms with E-state index >= 15 is 0 Å². The molecule has 1 aromatic rings. The summed E-state index contributed by atoms with van der Waals surface area (Å²) < 4.78 is 0. The lowest BCUT2D eigenvalue weighted by molar-refractivity contribution is 0.153. The van der Waals surface area contributed by atoms with Gasteiger partial charge < -0.3 is 0 Å². The fourth-order valence-corrected chi connectivity index (χ4v) is 0.806. The molecule has 1 aromatic carbocycles. The molecule has 6 heteroatoms. The van der Waals surface area contributed by atoms with Gasteiger partial charge in [-0.15, -0.1) is 0 Å². The molecule has 0 radical (unpaired) electrons. The molecule has 0 heterocycles. The first-order valence-corrected chi connectivity index (χ1v) is 4.54. The summed E-state index contributed by atoms with van der Waals surface area (Å²) in [6.07, 6.45) is -0.737. The lowest BCUT2D eigenvalue weighted by Gasteiger charge is -2.05. The number of para-hydroxylation sites is 1. The van der Waals surface area contributed by atoms with Gasteiger partial charge in [-0.2, -0.15) is 0 Å². The molecule has 5 nitrogen and oxygen atoms in total. The zero-order chi connectivity index (χ0) is 11.1. The van der Waals surface area contributed by atoms with Gasteiger partial charge in [0, 0.05) is 0 Å². The number of carbonyl (C=O) groups excluding carboxylic acids is 1. The van der Waals surface area contributed by atoms with Crippen LogP contribution in [-0.4, -0.2) is 11.3 Å². The zero-order valence-corrected chi connectivity index (χ0v) is 8.78. The van der Waals surface area contributed by atoms with Crippen LogP contribution in [0.1, 0.15) is 6.92 Å². The molecule has 0 spiro atoms. The largest absolute Gasteiger partial charge is 0.452 e. The van der Waals surface area contributed by atoms with Crippen molar-refractivity contribution in [2.24, 2.45) is 5.16 Å². The third-order valence-electron chi connectivity index (χ3n) is 1.34. The molecule has 1 amide bonds. The number of hydrogen-bond acceptors (Lipinski definition) is 4. The molecular weight excluding hydrogens is 218 g/mol. The normalized spacial score (nSPS) is 10.7. The van der Waals surface area contributed by atoms with Crippen molar-refractivity contribution >= 4 is 28.6 Å². The molecule has 0 atom stereocenters. The highest BCUT2D eigenvalue weighted by Crippen LogP contribution is 2.02. The molecule has 0 saturated heterocycles. The molecule has 0 aliphatic heterocycles. The Hall–Kier alpha value is -1.75. The van der Waals surface area contributed by atoms with E-state index in [1.54, 1.807) is 12.1 Å². The van der Waals surface area contributed by atoms with Gasteiger partial charge in [0.2, 0.25) is 0 Å². The molecule has 0 aliphatic rings. The minimum atomic E-state index is -0.737. The molecular formula is C9H10ClN3O2. The van der Waals surface area contributed by atoms with E-state index in [1.165, 1.54) is 6.92 Å². The lowest BCUT2D eigenvalue weighted by Crippen LogP contribution is -2.28. The Morgan fingerprint density at radius 2 is 2.07 bits per heavy atom. The number of hydrazine groups is 1. The quantitative estimate of drug-likeness (QED) is 0.473. The second-order valence-electron chi connectivity index (χ2n) is 2.58. The van der Waals surface area contributed by atoms with Crippen molar-refractivity contribution in [2.45, 2.75) is 6.92 Å². The van der Waals surface area contributed by atoms with Crippen molar-refractivity contribution in [1.82, 2.24) is 5.43 Å². The first kappa shape index (κ1) is 11.3. The van der Waals surface area contributed by atoms with Gasteiger partial charge in [0.25, 0.3) is 0 Å². The smallest absolute Gasteiger partial charge is 0.296 e. The van der Waals surface area contributed by atoms with Crippen LogP contribution in [0.4, 0.5) is 10.5 Å². The van der Waals surface area contributed by atoms with Crippen LogP contribution in [0, 0.1) is 0 Å². The van der Waals surface area contributed by atoms with E-state index < -0.39 is 6.09 Å². The van der Waals surface area contributed by atoms with Crippen molar-refractivity contribution in [3.63, 3.8) is 0 Å². The van der Waals surface area contributed by atoms with E-state index in [0.29, 0.717) is 0 Å². The van der Waals surface area contributed by atoms with Gasteiger partial charge in [0.1, 0.15) is 5.17 Å². The van der Waals surface area contributed by atoms with Crippen LogP contribution >= 0.6 is 11.6 Å². The van der Waals surface area contributed by atoms with Gasteiger partial charge in [0.05, 0.1) is 5.69 Å². The molecule has 0 aliphatic carbocycles. The van der Waals surface area contributed by atoms with E-state index in [1.807, 2.05) is 18.2 Å². The van der Waals surface area contributed by atoms with Gasteiger partial charge in [-0.05, 0) is 19.1 Å². The highest BCUT2D eigenvalue weighted by molar-refractivity contribution is 6.64. The Labute approximate surface area is 92.0 Å². The number of oxime groups is 1. The third kappa shape index (κ3) is 4.87. The number of amides is 1. The first-order valence-electron chi connectivity index (χ1n) is 4.16. The SMILES string of the molecule is CC(Cl)=NOC(=O)NNc1ccccc1. The van der Waals surface area contributed by atoms with Crippen LogP contribution in [0.15, 0.2) is 35.5 Å². The van der Waals surface area contributed by atoms with Crippen LogP contribution < -0.4 is 10.9 Å². The van der Waals surface area contributed by atoms with E-state index in [-0.39, 0.29) is 5.17 Å². The molecule has 2 N–H and O–H groups in total. The Balaban J connectivity index is 2.32. The fourth-order valence-electron chi connectivity index (χ4n) is 0.772. The lowest BCUT2D eigenvalue weighted by atomic mass is 10.3. The van der Waals surface area contributed by atoms with Crippen LogP contribution in [0.3, 0.4) is 0 Å². The summed E-state index contributed by atoms with van der Waals surface area (Å²) in [5.74, 6) is 0. The molecule has 0 aromatic heterocycles. The van der Waals surface area contributed by atoms with E-state index in [9.17, 15) is 4.79 Å². The molecule has 15 heavy (non-hydrogen) atoms. The second-order valence-corrected chi connectivity index (χ2v) is 3.13. The number of nitrogens with one attached hydrogen (secondary N) is 2. The number of nitrogens with zero attached hydrogens (tertiary/aromatic N) is 1. The van der Waals surface area contributed by atoms with Gasteiger partial charge in [-0.1, -0.05) is 35.0 Å². The monoisotopic (exact) mass is 227 g/mol. The summed E-state index contributed by atoms with van der Waals surface area (Å²) in [7, 11) is 0. The topological polar surface area (TPSA) is 62.7 Å². The maximum atomic E-state index is 11.0. The van der Waals surface area contributed by atoms with Crippen molar-refractivity contribution in [3.05, 3.63) is 30.3 Å². The van der Waals surface area contributed by atoms with Crippen molar-refractivity contribution in [1.29, 1.82) is 0 Å². The number of halogens is 1. The maximum Gasteiger partial charge on any atom is 0.452 e. The molecule has 0 fully saturated rings. The number of carbonyl (C=O) groups is 1. The highest BCUT2D eigenvalue weighted by atomic mass is 35.5. The molecule has 1 rings (SSSR count). The van der Waals surface area contributed by atoms with E-state index in [2.05, 4.69) is 20.8 Å². The van der Waals surface area contributed by atoms with Gasteiger partial charge in [-0.25, -0.2) is 10.2 Å². The number of rotatable bonds is 3. The average molecular weight is 228 g/mol. The van der Waals surface area contributed by atoms with Crippen LogP contribution in [0.5, 0.6) is 0 Å². The minimum absolute atomic E-state index is 0.143. The van der Waals surface area contributed by atoms with Crippen LogP contribution in [0.25, 0.3) is 0 Å². The van der Waals surface area contributed by atoms with Gasteiger partial charge in [0.15, 0.2) is 0 Å². The summed E-state index contributed by atoms with van der Waals surface area (Å²) in [5.41, 5.74) is 5.65. The number of hydrogen-bond donors (Lipinski definition) is 2. The first-order chi connectivity index (χ1) is 7.18. The van der Waals surface area contributed by atoms with Crippen LogP contribution in [-0.2, 0) is 4.84 Å². The Morgan fingerprint density at radius 1 is 1.40 bits per heavy atom. The van der Waals surface area contributed by atoms with Gasteiger partial charge >= 0.3 is 6.09 Å². The van der Waals surface area contributed by atoms with E-state index in [0.717, 1.165) is 5.69 Å². The number of anilines is 1. The zero-order valence-electron chi connectivity index (χ0n) is 8.03. The predicted molar refractivity (Wildman–Crippen MR) is 58.6 cm³/mol. The van der Waals surface area contributed by atoms with Gasteiger partial charge in [-0.3, -0.25) is 10.3 Å². The summed E-state index contributed by atoms with van der Waals surface area (Å²) in [5, 5.41) is 3.41. The van der Waals surface area contributed by atoms with E-state index in [4.69, 9.17) is 11.6 Å². The Kier molecular flexibility index (Phi) is 4.43. The maximum absolute atomic E-state index is 11.0. The minimum Gasteiger partial charge on any atom is -0.296 e. The summed E-state index contributed by atoms with van der Waals surface area (Å²) in [6, 6.07) is 9.10. The Morgan fingerprint density at radius 3 is 2.67 bits per heavy atom. The predicted octanol–water partition coefficient (Wildman–Crippen LogP) is 2.31. The van der Waals surface area contributed by atoms with Crippen molar-refractivity contribution < 1.29 is 9.63 Å². The number of benzene rings is 1. The summed E-state index contributed by atoms with van der Waals surface area (Å²) in [4.78, 5) is 15.3. The van der Waals surface area contributed by atoms with Crippen molar-refractivity contribution in [2.75, 3.05) is 5.43 Å². The third-order valence-corrected chi connectivity index (χ3v) is 1.41. The second kappa shape index (κ2) is 5.87. The standard InChI is InChI=1S/C9H10ClN3O2/c1-7(10)13-15-9(14)12-11-8-5-3-2-4-6-8/h2-6,11H,1H3,(H,12,14). The van der Waals surface area contributed by atoms with Crippen molar-refractivity contribution in [3.8, 4) is 0 Å². The molecule has 0 saturated carbocycles. The fraction of sp³-hybridized carbons (Fsp3) is 0.111. The summed E-state index contributed by atoms with van der Waals surface area (Å²) >= 11 is 5.36. The average Bonchev–Trinajstić information content (AvgIpc) is 2.25. The molecule has 0 bridgehead atoms. The Bertz CT molecular complexity index is 350. The van der Waals surface area contributed by atoms with Crippen LogP contribution in [0.2, 0.25) is 0 Å².